The van der Waals surface area contributed by atoms with Gasteiger partial charge in [0, 0.05) is 11.9 Å². The second-order valence-corrected chi connectivity index (χ2v) is 4.16. The zero-order chi connectivity index (χ0) is 8.77. The molecule has 2 rings (SSSR count). The van der Waals surface area contributed by atoms with Gasteiger partial charge in [0.05, 0.1) is 0 Å². The van der Waals surface area contributed by atoms with Gasteiger partial charge in [-0.2, -0.15) is 0 Å². The van der Waals surface area contributed by atoms with Crippen LogP contribution in [-0.4, -0.2) is 9.97 Å². The van der Waals surface area contributed by atoms with Gasteiger partial charge in [-0.05, 0) is 30.7 Å². The molecule has 0 unspecified atom stereocenters. The van der Waals surface area contributed by atoms with E-state index in [1.165, 1.54) is 17.7 Å². The molecule has 1 aliphatic carbocycles. The normalized spacial score (nSPS) is 19.2. The van der Waals surface area contributed by atoms with E-state index in [0.29, 0.717) is 5.41 Å². The standard InChI is InChI=1S/C10H14N2/c1-7-11-6-8-9(12-7)4-5-10(8,2)3/h6H,4-5H2,1-3H3. The monoisotopic (exact) mass is 162 g/mol. The molecule has 0 N–H and O–H groups in total. The van der Waals surface area contributed by atoms with Crippen LogP contribution in [0.5, 0.6) is 0 Å². The lowest BCUT2D eigenvalue weighted by atomic mass is 9.88. The SMILES string of the molecule is Cc1ncc2c(n1)CCC2(C)C. The van der Waals surface area contributed by atoms with Crippen molar-refractivity contribution < 1.29 is 0 Å². The second kappa shape index (κ2) is 2.28. The smallest absolute Gasteiger partial charge is 0.125 e. The molecule has 2 heteroatoms. The summed E-state index contributed by atoms with van der Waals surface area (Å²) in [4.78, 5) is 8.67. The first-order chi connectivity index (χ1) is 5.59. The number of aryl methyl sites for hydroxylation is 2. The van der Waals surface area contributed by atoms with Gasteiger partial charge in [-0.3, -0.25) is 0 Å². The fourth-order valence-electron chi connectivity index (χ4n) is 1.84. The highest BCUT2D eigenvalue weighted by molar-refractivity contribution is 5.31. The van der Waals surface area contributed by atoms with Gasteiger partial charge in [-0.25, -0.2) is 9.97 Å². The molecule has 1 heterocycles. The van der Waals surface area contributed by atoms with Crippen LogP contribution < -0.4 is 0 Å². The van der Waals surface area contributed by atoms with Crippen molar-refractivity contribution in [3.05, 3.63) is 23.3 Å². The van der Waals surface area contributed by atoms with E-state index in [4.69, 9.17) is 0 Å². The van der Waals surface area contributed by atoms with E-state index in [2.05, 4.69) is 23.8 Å². The number of hydrogen-bond acceptors (Lipinski definition) is 2. The topological polar surface area (TPSA) is 25.8 Å². The molecular formula is C10H14N2. The molecule has 0 aliphatic heterocycles. The fourth-order valence-corrected chi connectivity index (χ4v) is 1.84. The van der Waals surface area contributed by atoms with Gasteiger partial charge in [-0.1, -0.05) is 13.8 Å². The van der Waals surface area contributed by atoms with Crippen molar-refractivity contribution in [1.82, 2.24) is 9.97 Å². The van der Waals surface area contributed by atoms with Crippen molar-refractivity contribution in [2.24, 2.45) is 0 Å². The molecule has 0 aromatic carbocycles. The highest BCUT2D eigenvalue weighted by atomic mass is 14.9. The first-order valence-electron chi connectivity index (χ1n) is 4.42. The van der Waals surface area contributed by atoms with Crippen LogP contribution in [0.15, 0.2) is 6.20 Å². The Balaban J connectivity index is 2.55. The third kappa shape index (κ3) is 1.02. The molecule has 1 aromatic heterocycles. The van der Waals surface area contributed by atoms with Crippen LogP contribution in [0.25, 0.3) is 0 Å². The Labute approximate surface area is 73.1 Å². The van der Waals surface area contributed by atoms with Crippen LogP contribution in [0.1, 0.15) is 37.4 Å². The van der Waals surface area contributed by atoms with E-state index in [9.17, 15) is 0 Å². The van der Waals surface area contributed by atoms with Crippen molar-refractivity contribution in [2.75, 3.05) is 0 Å². The maximum absolute atomic E-state index is 4.44. The third-order valence-electron chi connectivity index (χ3n) is 2.70. The molecular weight excluding hydrogens is 148 g/mol. The van der Waals surface area contributed by atoms with Crippen molar-refractivity contribution in [3.63, 3.8) is 0 Å². The molecule has 0 bridgehead atoms. The van der Waals surface area contributed by atoms with Crippen LogP contribution >= 0.6 is 0 Å². The number of fused-ring (bicyclic) bond motifs is 1. The van der Waals surface area contributed by atoms with Gasteiger partial charge in [0.15, 0.2) is 0 Å². The minimum absolute atomic E-state index is 0.295. The van der Waals surface area contributed by atoms with E-state index in [0.717, 1.165) is 12.2 Å². The van der Waals surface area contributed by atoms with E-state index in [1.807, 2.05) is 13.1 Å². The molecule has 0 spiro atoms. The lowest BCUT2D eigenvalue weighted by molar-refractivity contribution is 0.521. The minimum atomic E-state index is 0.295. The van der Waals surface area contributed by atoms with Crippen molar-refractivity contribution in [3.8, 4) is 0 Å². The molecule has 1 aromatic rings. The Morgan fingerprint density at radius 2 is 2.17 bits per heavy atom. The first kappa shape index (κ1) is 7.71. The fraction of sp³-hybridized carbons (Fsp3) is 0.600. The van der Waals surface area contributed by atoms with Crippen molar-refractivity contribution >= 4 is 0 Å². The summed E-state index contributed by atoms with van der Waals surface area (Å²) in [6.45, 7) is 6.47. The summed E-state index contributed by atoms with van der Waals surface area (Å²) in [6, 6.07) is 0. The predicted molar refractivity (Wildman–Crippen MR) is 48.1 cm³/mol. The van der Waals surface area contributed by atoms with Crippen LogP contribution in [-0.2, 0) is 11.8 Å². The average Bonchev–Trinajstić information content (AvgIpc) is 2.27. The Bertz CT molecular complexity index is 316. The molecule has 64 valence electrons. The van der Waals surface area contributed by atoms with E-state index < -0.39 is 0 Å². The number of hydrogen-bond donors (Lipinski definition) is 0. The molecule has 0 amide bonds. The van der Waals surface area contributed by atoms with Gasteiger partial charge in [0.25, 0.3) is 0 Å². The summed E-state index contributed by atoms with van der Waals surface area (Å²) in [6.07, 6.45) is 4.32. The second-order valence-electron chi connectivity index (χ2n) is 4.16. The number of rotatable bonds is 0. The van der Waals surface area contributed by atoms with E-state index >= 15 is 0 Å². The van der Waals surface area contributed by atoms with E-state index in [1.54, 1.807) is 0 Å². The lowest BCUT2D eigenvalue weighted by Gasteiger charge is -2.17. The van der Waals surface area contributed by atoms with Gasteiger partial charge in [0.1, 0.15) is 5.82 Å². The maximum atomic E-state index is 4.44. The molecule has 1 aliphatic rings. The van der Waals surface area contributed by atoms with Crippen molar-refractivity contribution in [1.29, 1.82) is 0 Å². The Kier molecular flexibility index (Phi) is 1.47. The van der Waals surface area contributed by atoms with Crippen LogP contribution in [0, 0.1) is 6.92 Å². The Morgan fingerprint density at radius 3 is 2.92 bits per heavy atom. The summed E-state index contributed by atoms with van der Waals surface area (Å²) in [5, 5.41) is 0. The number of nitrogens with zero attached hydrogens (tertiary/aromatic N) is 2. The molecule has 0 atom stereocenters. The first-order valence-corrected chi connectivity index (χ1v) is 4.42. The van der Waals surface area contributed by atoms with E-state index in [-0.39, 0.29) is 0 Å². The van der Waals surface area contributed by atoms with Gasteiger partial charge in [0.2, 0.25) is 0 Å². The Morgan fingerprint density at radius 1 is 1.42 bits per heavy atom. The van der Waals surface area contributed by atoms with Crippen LogP contribution in [0.3, 0.4) is 0 Å². The third-order valence-corrected chi connectivity index (χ3v) is 2.70. The molecule has 12 heavy (non-hydrogen) atoms. The largest absolute Gasteiger partial charge is 0.241 e. The molecule has 0 saturated heterocycles. The maximum Gasteiger partial charge on any atom is 0.125 e. The van der Waals surface area contributed by atoms with Crippen LogP contribution in [0.2, 0.25) is 0 Å². The highest BCUT2D eigenvalue weighted by Crippen LogP contribution is 2.36. The molecule has 0 fully saturated rings. The van der Waals surface area contributed by atoms with Gasteiger partial charge < -0.3 is 0 Å². The van der Waals surface area contributed by atoms with Crippen molar-refractivity contribution in [2.45, 2.75) is 39.0 Å². The quantitative estimate of drug-likeness (QED) is 0.583. The van der Waals surface area contributed by atoms with Gasteiger partial charge in [-0.15, -0.1) is 0 Å². The lowest BCUT2D eigenvalue weighted by Crippen LogP contribution is -2.12. The van der Waals surface area contributed by atoms with Crippen LogP contribution in [0.4, 0.5) is 0 Å². The summed E-state index contributed by atoms with van der Waals surface area (Å²) in [5.74, 6) is 0.895. The number of aromatic nitrogens is 2. The predicted octanol–water partition coefficient (Wildman–Crippen LogP) is 2.01. The molecule has 0 radical (unpaired) electrons. The summed E-state index contributed by atoms with van der Waals surface area (Å²) in [5.41, 5.74) is 2.89. The summed E-state index contributed by atoms with van der Waals surface area (Å²) < 4.78 is 0. The summed E-state index contributed by atoms with van der Waals surface area (Å²) >= 11 is 0. The zero-order valence-electron chi connectivity index (χ0n) is 7.89. The Hall–Kier alpha value is -0.920. The summed E-state index contributed by atoms with van der Waals surface area (Å²) in [7, 11) is 0. The highest BCUT2D eigenvalue weighted by Gasteiger charge is 2.30. The molecule has 2 nitrogen and oxygen atoms in total. The minimum Gasteiger partial charge on any atom is -0.241 e. The van der Waals surface area contributed by atoms with Gasteiger partial charge >= 0.3 is 0 Å². The molecule has 0 saturated carbocycles. The zero-order valence-corrected chi connectivity index (χ0v) is 7.89. The average molecular weight is 162 g/mol.